The van der Waals surface area contributed by atoms with Gasteiger partial charge in [0.25, 0.3) is 5.91 Å². The van der Waals surface area contributed by atoms with Crippen molar-refractivity contribution in [1.29, 1.82) is 0 Å². The number of rotatable bonds is 8. The molecule has 0 unspecified atom stereocenters. The summed E-state index contributed by atoms with van der Waals surface area (Å²) >= 11 is 0. The molecule has 2 aromatic carbocycles. The number of ketones is 1. The predicted molar refractivity (Wildman–Crippen MR) is 117 cm³/mol. The molecule has 31 heavy (non-hydrogen) atoms. The molecule has 1 fully saturated rings. The van der Waals surface area contributed by atoms with Gasteiger partial charge in [0.1, 0.15) is 5.75 Å². The van der Waals surface area contributed by atoms with Crippen LogP contribution in [0, 0.1) is 11.8 Å². The lowest BCUT2D eigenvalue weighted by molar-refractivity contribution is -0.150. The maximum absolute atomic E-state index is 12.4. The van der Waals surface area contributed by atoms with Gasteiger partial charge in [-0.05, 0) is 42.5 Å². The maximum Gasteiger partial charge on any atom is 0.344 e. The molecular weight excluding hydrogens is 394 g/mol. The van der Waals surface area contributed by atoms with Gasteiger partial charge >= 0.3 is 5.97 Å². The minimum atomic E-state index is -0.621. The first kappa shape index (κ1) is 22.5. The Morgan fingerprint density at radius 2 is 1.58 bits per heavy atom. The van der Waals surface area contributed by atoms with Crippen molar-refractivity contribution < 1.29 is 23.9 Å². The first-order valence-corrected chi connectivity index (χ1v) is 10.7. The molecule has 1 N–H and O–H groups in total. The highest BCUT2D eigenvalue weighted by Gasteiger charge is 2.28. The lowest BCUT2D eigenvalue weighted by Gasteiger charge is -2.34. The molecule has 0 saturated heterocycles. The molecule has 2 aromatic rings. The minimum Gasteiger partial charge on any atom is -0.482 e. The summed E-state index contributed by atoms with van der Waals surface area (Å²) in [5.74, 6) is 0.431. The molecular formula is C25H29NO5. The number of hydrogen-bond acceptors (Lipinski definition) is 5. The van der Waals surface area contributed by atoms with E-state index in [0.717, 1.165) is 12.8 Å². The third-order valence-corrected chi connectivity index (χ3v) is 5.93. The third kappa shape index (κ3) is 6.41. The van der Waals surface area contributed by atoms with E-state index in [2.05, 4.69) is 19.2 Å². The van der Waals surface area contributed by atoms with Crippen molar-refractivity contribution in [3.8, 4) is 5.75 Å². The number of nitrogens with one attached hydrogen (secondary N) is 1. The van der Waals surface area contributed by atoms with Crippen LogP contribution in [-0.4, -0.2) is 36.9 Å². The molecule has 3 atom stereocenters. The summed E-state index contributed by atoms with van der Waals surface area (Å²) < 4.78 is 10.4. The van der Waals surface area contributed by atoms with E-state index in [1.54, 1.807) is 36.4 Å². The number of ether oxygens (including phenoxy) is 2. The monoisotopic (exact) mass is 423 g/mol. The van der Waals surface area contributed by atoms with Crippen LogP contribution in [0.3, 0.4) is 0 Å². The zero-order chi connectivity index (χ0) is 22.2. The van der Waals surface area contributed by atoms with Crippen LogP contribution in [0.1, 0.15) is 49.0 Å². The summed E-state index contributed by atoms with van der Waals surface area (Å²) in [6, 6.07) is 15.7. The normalized spacial score (nSPS) is 20.5. The van der Waals surface area contributed by atoms with Gasteiger partial charge in [-0.1, -0.05) is 57.0 Å². The first-order valence-electron chi connectivity index (χ1n) is 10.7. The summed E-state index contributed by atoms with van der Waals surface area (Å²) in [6.07, 6.45) is 3.23. The van der Waals surface area contributed by atoms with Gasteiger partial charge in [-0.3, -0.25) is 9.59 Å². The first-order chi connectivity index (χ1) is 14.9. The van der Waals surface area contributed by atoms with Crippen molar-refractivity contribution in [1.82, 2.24) is 5.32 Å². The fraction of sp³-hybridized carbons (Fsp3) is 0.400. The summed E-state index contributed by atoms with van der Waals surface area (Å²) in [5.41, 5.74) is 1.14. The van der Waals surface area contributed by atoms with E-state index in [1.165, 1.54) is 6.42 Å². The minimum absolute atomic E-state index is 0.0840. The van der Waals surface area contributed by atoms with Crippen LogP contribution in [0.4, 0.5) is 0 Å². The van der Waals surface area contributed by atoms with Crippen molar-refractivity contribution >= 4 is 17.7 Å². The van der Waals surface area contributed by atoms with Crippen molar-refractivity contribution in [3.05, 3.63) is 65.7 Å². The number of carbonyl (C=O) groups excluding carboxylic acids is 3. The topological polar surface area (TPSA) is 81.7 Å². The second-order valence-corrected chi connectivity index (χ2v) is 8.11. The van der Waals surface area contributed by atoms with Gasteiger partial charge < -0.3 is 14.8 Å². The van der Waals surface area contributed by atoms with Crippen molar-refractivity contribution in [2.45, 2.75) is 39.2 Å². The molecule has 0 bridgehead atoms. The second-order valence-electron chi connectivity index (χ2n) is 8.11. The van der Waals surface area contributed by atoms with E-state index >= 15 is 0 Å². The highest BCUT2D eigenvalue weighted by Crippen LogP contribution is 2.29. The molecule has 1 aliphatic carbocycles. The van der Waals surface area contributed by atoms with E-state index in [1.807, 2.05) is 18.2 Å². The quantitative estimate of drug-likeness (QED) is 0.516. The predicted octanol–water partition coefficient (Wildman–Crippen LogP) is 3.78. The summed E-state index contributed by atoms with van der Waals surface area (Å²) in [4.78, 5) is 36.4. The summed E-state index contributed by atoms with van der Waals surface area (Å²) in [6.45, 7) is 3.72. The number of amides is 1. The van der Waals surface area contributed by atoms with Gasteiger partial charge in [0.2, 0.25) is 0 Å². The molecule has 0 heterocycles. The standard InChI is InChI=1S/C25H29NO5/c1-17-7-6-10-22(18(17)2)26-23(27)15-31-24(28)16-30-21-13-11-20(12-14-21)25(29)19-8-4-3-5-9-19/h3-5,8-9,11-14,17-18,22H,6-7,10,15-16H2,1-2H3,(H,26,27)/t17-,18+,22-/m0/s1. The molecule has 0 spiro atoms. The molecule has 0 aromatic heterocycles. The average molecular weight is 424 g/mol. The van der Waals surface area contributed by atoms with Crippen LogP contribution >= 0.6 is 0 Å². The van der Waals surface area contributed by atoms with Crippen LogP contribution < -0.4 is 10.1 Å². The van der Waals surface area contributed by atoms with E-state index in [4.69, 9.17) is 9.47 Å². The number of hydrogen-bond donors (Lipinski definition) is 1. The maximum atomic E-state index is 12.4. The molecule has 1 amide bonds. The van der Waals surface area contributed by atoms with Gasteiger partial charge in [-0.25, -0.2) is 4.79 Å². The number of carbonyl (C=O) groups is 3. The van der Waals surface area contributed by atoms with Crippen LogP contribution in [0.5, 0.6) is 5.75 Å². The molecule has 1 aliphatic rings. The largest absolute Gasteiger partial charge is 0.482 e. The Morgan fingerprint density at radius 3 is 2.29 bits per heavy atom. The Hall–Kier alpha value is -3.15. The lowest BCUT2D eigenvalue weighted by Crippen LogP contribution is -2.45. The van der Waals surface area contributed by atoms with Gasteiger partial charge in [0, 0.05) is 17.2 Å². The Kier molecular flexibility index (Phi) is 7.82. The van der Waals surface area contributed by atoms with E-state index in [-0.39, 0.29) is 30.9 Å². The van der Waals surface area contributed by atoms with Gasteiger partial charge in [0.15, 0.2) is 19.0 Å². The molecule has 6 nitrogen and oxygen atoms in total. The van der Waals surface area contributed by atoms with Crippen LogP contribution in [0.25, 0.3) is 0 Å². The zero-order valence-corrected chi connectivity index (χ0v) is 18.0. The SMILES string of the molecule is C[C@H]1[C@@H](NC(=O)COC(=O)COc2ccc(C(=O)c3ccccc3)cc2)CCC[C@@H]1C. The fourth-order valence-corrected chi connectivity index (χ4v) is 3.82. The molecule has 0 aliphatic heterocycles. The Bertz CT molecular complexity index is 894. The summed E-state index contributed by atoms with van der Waals surface area (Å²) in [7, 11) is 0. The highest BCUT2D eigenvalue weighted by atomic mass is 16.6. The molecule has 1 saturated carbocycles. The Morgan fingerprint density at radius 1 is 0.903 bits per heavy atom. The van der Waals surface area contributed by atoms with Crippen molar-refractivity contribution in [3.63, 3.8) is 0 Å². The van der Waals surface area contributed by atoms with Crippen LogP contribution in [0.2, 0.25) is 0 Å². The van der Waals surface area contributed by atoms with Gasteiger partial charge in [-0.2, -0.15) is 0 Å². The molecule has 164 valence electrons. The summed E-state index contributed by atoms with van der Waals surface area (Å²) in [5, 5.41) is 2.97. The van der Waals surface area contributed by atoms with Crippen LogP contribution in [0.15, 0.2) is 54.6 Å². The van der Waals surface area contributed by atoms with Crippen molar-refractivity contribution in [2.24, 2.45) is 11.8 Å². The van der Waals surface area contributed by atoms with E-state index in [0.29, 0.717) is 28.7 Å². The fourth-order valence-electron chi connectivity index (χ4n) is 3.82. The number of esters is 1. The Labute approximate surface area is 182 Å². The molecule has 6 heteroatoms. The average Bonchev–Trinajstić information content (AvgIpc) is 2.80. The van der Waals surface area contributed by atoms with Crippen LogP contribution in [-0.2, 0) is 14.3 Å². The smallest absolute Gasteiger partial charge is 0.344 e. The van der Waals surface area contributed by atoms with Crippen molar-refractivity contribution in [2.75, 3.05) is 13.2 Å². The van der Waals surface area contributed by atoms with Gasteiger partial charge in [-0.15, -0.1) is 0 Å². The zero-order valence-electron chi connectivity index (χ0n) is 18.0. The second kappa shape index (κ2) is 10.8. The van der Waals surface area contributed by atoms with Gasteiger partial charge in [0.05, 0.1) is 0 Å². The molecule has 0 radical (unpaired) electrons. The van der Waals surface area contributed by atoms with E-state index in [9.17, 15) is 14.4 Å². The Balaban J connectivity index is 1.40. The molecule has 3 rings (SSSR count). The highest BCUT2D eigenvalue weighted by molar-refractivity contribution is 6.08. The number of benzene rings is 2. The van der Waals surface area contributed by atoms with E-state index < -0.39 is 5.97 Å². The lowest BCUT2D eigenvalue weighted by atomic mass is 9.78. The third-order valence-electron chi connectivity index (χ3n) is 5.93.